The van der Waals surface area contributed by atoms with E-state index in [0.717, 1.165) is 22.0 Å². The molecule has 0 saturated heterocycles. The minimum absolute atomic E-state index is 0.0543. The Balaban J connectivity index is 1.94. The standard InChI is InChI=1S/C16H15N3/c17-15(12-6-2-1-3-7-12)10-16-14-9-5-4-8-13(14)11-18-19-16/h1-9,11,15H,10,17H2. The molecule has 0 amide bonds. The van der Waals surface area contributed by atoms with Crippen LogP contribution in [0.4, 0.5) is 0 Å². The van der Waals surface area contributed by atoms with Crippen molar-refractivity contribution in [3.63, 3.8) is 0 Å². The SMILES string of the molecule is NC(Cc1nncc2ccccc12)c1ccccc1. The van der Waals surface area contributed by atoms with E-state index in [0.29, 0.717) is 6.42 Å². The number of benzene rings is 2. The lowest BCUT2D eigenvalue weighted by atomic mass is 10.0. The maximum Gasteiger partial charge on any atom is 0.0728 e. The molecule has 3 heteroatoms. The van der Waals surface area contributed by atoms with E-state index in [9.17, 15) is 0 Å². The highest BCUT2D eigenvalue weighted by Crippen LogP contribution is 2.20. The Kier molecular flexibility index (Phi) is 3.21. The fourth-order valence-electron chi connectivity index (χ4n) is 2.26. The van der Waals surface area contributed by atoms with Crippen LogP contribution in [0.25, 0.3) is 10.8 Å². The van der Waals surface area contributed by atoms with Crippen LogP contribution in [0, 0.1) is 0 Å². The summed E-state index contributed by atoms with van der Waals surface area (Å²) >= 11 is 0. The Hall–Kier alpha value is -2.26. The van der Waals surface area contributed by atoms with Crippen molar-refractivity contribution in [1.29, 1.82) is 0 Å². The highest BCUT2D eigenvalue weighted by molar-refractivity contribution is 5.83. The van der Waals surface area contributed by atoms with E-state index in [1.807, 2.05) is 48.5 Å². The lowest BCUT2D eigenvalue weighted by Gasteiger charge is -2.12. The zero-order valence-corrected chi connectivity index (χ0v) is 10.5. The molecule has 1 atom stereocenters. The number of rotatable bonds is 3. The topological polar surface area (TPSA) is 51.8 Å². The maximum atomic E-state index is 6.25. The molecule has 3 aromatic rings. The molecule has 1 unspecified atom stereocenters. The summed E-state index contributed by atoms with van der Waals surface area (Å²) in [6.45, 7) is 0. The summed E-state index contributed by atoms with van der Waals surface area (Å²) in [6, 6.07) is 18.2. The van der Waals surface area contributed by atoms with Gasteiger partial charge in [0.05, 0.1) is 11.9 Å². The van der Waals surface area contributed by atoms with Crippen LogP contribution in [0.15, 0.2) is 60.8 Å². The second-order valence-corrected chi connectivity index (χ2v) is 4.60. The first-order valence-corrected chi connectivity index (χ1v) is 6.34. The lowest BCUT2D eigenvalue weighted by molar-refractivity contribution is 0.701. The molecule has 0 spiro atoms. The van der Waals surface area contributed by atoms with E-state index in [4.69, 9.17) is 5.73 Å². The summed E-state index contributed by atoms with van der Waals surface area (Å²) in [5.41, 5.74) is 8.33. The van der Waals surface area contributed by atoms with Gasteiger partial charge < -0.3 is 5.73 Å². The molecule has 1 heterocycles. The van der Waals surface area contributed by atoms with Crippen molar-refractivity contribution in [2.24, 2.45) is 5.73 Å². The van der Waals surface area contributed by atoms with Gasteiger partial charge in [0.25, 0.3) is 0 Å². The number of nitrogens with zero attached hydrogens (tertiary/aromatic N) is 2. The Bertz CT molecular complexity index is 674. The molecule has 0 aliphatic heterocycles. The summed E-state index contributed by atoms with van der Waals surface area (Å²) in [4.78, 5) is 0. The van der Waals surface area contributed by atoms with Crippen LogP contribution in [-0.4, -0.2) is 10.2 Å². The number of hydrogen-bond acceptors (Lipinski definition) is 3. The molecular formula is C16H15N3. The molecule has 2 N–H and O–H groups in total. The van der Waals surface area contributed by atoms with Gasteiger partial charge in [-0.1, -0.05) is 54.6 Å². The summed E-state index contributed by atoms with van der Waals surface area (Å²) in [7, 11) is 0. The molecule has 94 valence electrons. The van der Waals surface area contributed by atoms with Gasteiger partial charge in [-0.2, -0.15) is 10.2 Å². The number of fused-ring (bicyclic) bond motifs is 1. The number of aromatic nitrogens is 2. The normalized spacial score (nSPS) is 12.5. The lowest BCUT2D eigenvalue weighted by Crippen LogP contribution is -2.14. The van der Waals surface area contributed by atoms with Crippen molar-refractivity contribution >= 4 is 10.8 Å². The molecular weight excluding hydrogens is 234 g/mol. The van der Waals surface area contributed by atoms with Crippen LogP contribution >= 0.6 is 0 Å². The molecule has 3 rings (SSSR count). The Morgan fingerprint density at radius 1 is 0.947 bits per heavy atom. The van der Waals surface area contributed by atoms with E-state index < -0.39 is 0 Å². The minimum atomic E-state index is -0.0543. The predicted octanol–water partition coefficient (Wildman–Crippen LogP) is 2.87. The zero-order chi connectivity index (χ0) is 13.1. The minimum Gasteiger partial charge on any atom is -0.324 e. The first-order chi connectivity index (χ1) is 9.34. The van der Waals surface area contributed by atoms with Crippen LogP contribution in [0.1, 0.15) is 17.3 Å². The van der Waals surface area contributed by atoms with Gasteiger partial charge in [0.1, 0.15) is 0 Å². The third kappa shape index (κ3) is 2.46. The Morgan fingerprint density at radius 2 is 1.68 bits per heavy atom. The first kappa shape index (κ1) is 11.8. The molecule has 0 saturated carbocycles. The van der Waals surface area contributed by atoms with E-state index >= 15 is 0 Å². The molecule has 3 nitrogen and oxygen atoms in total. The van der Waals surface area contributed by atoms with E-state index in [1.54, 1.807) is 6.20 Å². The van der Waals surface area contributed by atoms with Crippen LogP contribution in [0.3, 0.4) is 0 Å². The fourth-order valence-corrected chi connectivity index (χ4v) is 2.26. The van der Waals surface area contributed by atoms with Crippen LogP contribution < -0.4 is 5.73 Å². The van der Waals surface area contributed by atoms with Crippen LogP contribution in [0.2, 0.25) is 0 Å². The monoisotopic (exact) mass is 249 g/mol. The van der Waals surface area contributed by atoms with Gasteiger partial charge in [-0.3, -0.25) is 0 Å². The van der Waals surface area contributed by atoms with E-state index in [2.05, 4.69) is 16.3 Å². The largest absolute Gasteiger partial charge is 0.324 e. The molecule has 0 aliphatic rings. The second-order valence-electron chi connectivity index (χ2n) is 4.60. The van der Waals surface area contributed by atoms with Crippen molar-refractivity contribution in [1.82, 2.24) is 10.2 Å². The van der Waals surface area contributed by atoms with Crippen molar-refractivity contribution in [3.8, 4) is 0 Å². The first-order valence-electron chi connectivity index (χ1n) is 6.34. The van der Waals surface area contributed by atoms with Crippen molar-refractivity contribution in [2.75, 3.05) is 0 Å². The summed E-state index contributed by atoms with van der Waals surface area (Å²) in [5, 5.41) is 10.5. The van der Waals surface area contributed by atoms with E-state index in [-0.39, 0.29) is 6.04 Å². The van der Waals surface area contributed by atoms with Crippen molar-refractivity contribution in [3.05, 3.63) is 72.1 Å². The van der Waals surface area contributed by atoms with Gasteiger partial charge in [-0.25, -0.2) is 0 Å². The Morgan fingerprint density at radius 3 is 2.53 bits per heavy atom. The molecule has 0 aliphatic carbocycles. The average molecular weight is 249 g/mol. The van der Waals surface area contributed by atoms with Gasteiger partial charge >= 0.3 is 0 Å². The van der Waals surface area contributed by atoms with Gasteiger partial charge in [0.15, 0.2) is 0 Å². The summed E-state index contributed by atoms with van der Waals surface area (Å²) < 4.78 is 0. The highest BCUT2D eigenvalue weighted by atomic mass is 15.1. The molecule has 0 fully saturated rings. The summed E-state index contributed by atoms with van der Waals surface area (Å²) in [6.07, 6.45) is 2.48. The second kappa shape index (κ2) is 5.16. The Labute approximate surface area is 112 Å². The maximum absolute atomic E-state index is 6.25. The third-order valence-corrected chi connectivity index (χ3v) is 3.29. The quantitative estimate of drug-likeness (QED) is 0.776. The average Bonchev–Trinajstić information content (AvgIpc) is 2.48. The van der Waals surface area contributed by atoms with Crippen molar-refractivity contribution in [2.45, 2.75) is 12.5 Å². The van der Waals surface area contributed by atoms with Crippen LogP contribution in [-0.2, 0) is 6.42 Å². The fraction of sp³-hybridized carbons (Fsp3) is 0.125. The van der Waals surface area contributed by atoms with Gasteiger partial charge in [0.2, 0.25) is 0 Å². The molecule has 19 heavy (non-hydrogen) atoms. The van der Waals surface area contributed by atoms with Crippen LogP contribution in [0.5, 0.6) is 0 Å². The van der Waals surface area contributed by atoms with Gasteiger partial charge in [-0.15, -0.1) is 0 Å². The van der Waals surface area contributed by atoms with E-state index in [1.165, 1.54) is 0 Å². The van der Waals surface area contributed by atoms with Crippen molar-refractivity contribution < 1.29 is 0 Å². The smallest absolute Gasteiger partial charge is 0.0728 e. The third-order valence-electron chi connectivity index (χ3n) is 3.29. The number of nitrogens with two attached hydrogens (primary N) is 1. The van der Waals surface area contributed by atoms with Gasteiger partial charge in [-0.05, 0) is 5.56 Å². The molecule has 0 bridgehead atoms. The molecule has 1 aromatic heterocycles. The summed E-state index contributed by atoms with van der Waals surface area (Å²) in [5.74, 6) is 0. The zero-order valence-electron chi connectivity index (χ0n) is 10.5. The van der Waals surface area contributed by atoms with Gasteiger partial charge in [0, 0.05) is 23.2 Å². The molecule has 0 radical (unpaired) electrons. The number of hydrogen-bond donors (Lipinski definition) is 1. The predicted molar refractivity (Wildman–Crippen MR) is 76.6 cm³/mol. The molecule has 2 aromatic carbocycles. The highest BCUT2D eigenvalue weighted by Gasteiger charge is 2.10.